The summed E-state index contributed by atoms with van der Waals surface area (Å²) in [4.78, 5) is 21.0. The lowest BCUT2D eigenvalue weighted by atomic mass is 10.2. The molecular formula is C18H15N5OS. The van der Waals surface area contributed by atoms with Crippen LogP contribution < -0.4 is 5.32 Å². The predicted molar refractivity (Wildman–Crippen MR) is 97.2 cm³/mol. The van der Waals surface area contributed by atoms with Gasteiger partial charge in [-0.05, 0) is 29.8 Å². The normalized spacial score (nSPS) is 10.9. The van der Waals surface area contributed by atoms with Crippen LogP contribution in [0.4, 0.5) is 0 Å². The maximum atomic E-state index is 12.3. The van der Waals surface area contributed by atoms with Gasteiger partial charge < -0.3 is 5.32 Å². The van der Waals surface area contributed by atoms with Crippen LogP contribution in [-0.2, 0) is 13.6 Å². The highest BCUT2D eigenvalue weighted by Gasteiger charge is 2.08. The van der Waals surface area contributed by atoms with Gasteiger partial charge >= 0.3 is 0 Å². The summed E-state index contributed by atoms with van der Waals surface area (Å²) in [5.41, 5.74) is 6.10. The van der Waals surface area contributed by atoms with E-state index in [0.29, 0.717) is 12.1 Å². The average Bonchev–Trinajstić information content (AvgIpc) is 3.28. The van der Waals surface area contributed by atoms with E-state index in [4.69, 9.17) is 0 Å². The van der Waals surface area contributed by atoms with E-state index in [9.17, 15) is 4.79 Å². The lowest BCUT2D eigenvalue weighted by molar-refractivity contribution is 0.0951. The Kier molecular flexibility index (Phi) is 3.99. The first kappa shape index (κ1) is 15.5. The number of hydrogen-bond donors (Lipinski definition) is 1. The maximum absolute atomic E-state index is 12.3. The smallest absolute Gasteiger partial charge is 0.251 e. The molecule has 3 aromatic heterocycles. The van der Waals surface area contributed by atoms with Crippen molar-refractivity contribution < 1.29 is 4.79 Å². The minimum Gasteiger partial charge on any atom is -0.348 e. The zero-order valence-electron chi connectivity index (χ0n) is 13.5. The van der Waals surface area contributed by atoms with E-state index in [1.807, 2.05) is 37.5 Å². The first-order valence-corrected chi connectivity index (χ1v) is 8.62. The monoisotopic (exact) mass is 349 g/mol. The minimum atomic E-state index is -0.105. The summed E-state index contributed by atoms with van der Waals surface area (Å²) in [5.74, 6) is -0.105. The van der Waals surface area contributed by atoms with Gasteiger partial charge in [-0.2, -0.15) is 5.10 Å². The van der Waals surface area contributed by atoms with Crippen molar-refractivity contribution >= 4 is 27.5 Å². The number of rotatable bonds is 4. The molecule has 0 unspecified atom stereocenters. The van der Waals surface area contributed by atoms with Crippen LogP contribution >= 0.6 is 11.3 Å². The number of pyridine rings is 1. The van der Waals surface area contributed by atoms with Crippen LogP contribution in [0.1, 0.15) is 15.9 Å². The number of hydrogen-bond acceptors (Lipinski definition) is 5. The van der Waals surface area contributed by atoms with Crippen molar-refractivity contribution in [1.82, 2.24) is 25.1 Å². The second-order valence-electron chi connectivity index (χ2n) is 5.67. The Morgan fingerprint density at radius 2 is 2.12 bits per heavy atom. The third kappa shape index (κ3) is 3.27. The first-order valence-electron chi connectivity index (χ1n) is 7.74. The molecule has 0 spiro atoms. The summed E-state index contributed by atoms with van der Waals surface area (Å²) in [5, 5.41) is 7.07. The molecule has 7 heteroatoms. The molecule has 1 aromatic carbocycles. The zero-order valence-corrected chi connectivity index (χ0v) is 14.3. The zero-order chi connectivity index (χ0) is 17.2. The van der Waals surface area contributed by atoms with Crippen molar-refractivity contribution in [3.63, 3.8) is 0 Å². The van der Waals surface area contributed by atoms with Crippen molar-refractivity contribution in [3.8, 4) is 11.3 Å². The molecule has 6 nitrogen and oxygen atoms in total. The van der Waals surface area contributed by atoms with Crippen LogP contribution in [0.3, 0.4) is 0 Å². The molecule has 0 bridgehead atoms. The first-order chi connectivity index (χ1) is 12.2. The van der Waals surface area contributed by atoms with Crippen molar-refractivity contribution in [1.29, 1.82) is 0 Å². The van der Waals surface area contributed by atoms with E-state index in [2.05, 4.69) is 20.4 Å². The number of fused-ring (bicyclic) bond motifs is 1. The van der Waals surface area contributed by atoms with Gasteiger partial charge in [0.2, 0.25) is 0 Å². The van der Waals surface area contributed by atoms with E-state index in [1.54, 1.807) is 28.7 Å². The molecule has 0 fully saturated rings. The molecule has 0 aliphatic rings. The number of benzene rings is 1. The summed E-state index contributed by atoms with van der Waals surface area (Å²) in [6, 6.07) is 9.42. The van der Waals surface area contributed by atoms with Crippen molar-refractivity contribution in [2.75, 3.05) is 0 Å². The topological polar surface area (TPSA) is 72.7 Å². The SMILES string of the molecule is Cn1cc(-c2ccc(CNC(=O)c3ccc4ncsc4c3)cn2)cn1. The van der Waals surface area contributed by atoms with Gasteiger partial charge in [0.05, 0.1) is 27.6 Å². The summed E-state index contributed by atoms with van der Waals surface area (Å²) >= 11 is 1.53. The van der Waals surface area contributed by atoms with Crippen LogP contribution in [0.2, 0.25) is 0 Å². The van der Waals surface area contributed by atoms with Crippen LogP contribution in [0.25, 0.3) is 21.5 Å². The van der Waals surface area contributed by atoms with Crippen LogP contribution in [0.5, 0.6) is 0 Å². The Balaban J connectivity index is 1.42. The van der Waals surface area contributed by atoms with Gasteiger partial charge in [-0.25, -0.2) is 4.98 Å². The van der Waals surface area contributed by atoms with Crippen molar-refractivity contribution in [2.45, 2.75) is 6.54 Å². The molecule has 0 aliphatic heterocycles. The van der Waals surface area contributed by atoms with Gasteiger partial charge in [0.1, 0.15) is 0 Å². The lowest BCUT2D eigenvalue weighted by Gasteiger charge is -2.06. The molecule has 0 aliphatic carbocycles. The van der Waals surface area contributed by atoms with Gasteiger partial charge in [-0.15, -0.1) is 11.3 Å². The van der Waals surface area contributed by atoms with E-state index < -0.39 is 0 Å². The van der Waals surface area contributed by atoms with E-state index in [-0.39, 0.29) is 5.91 Å². The third-order valence-electron chi connectivity index (χ3n) is 3.87. The van der Waals surface area contributed by atoms with Crippen molar-refractivity contribution in [2.24, 2.45) is 7.05 Å². The van der Waals surface area contributed by atoms with Crippen LogP contribution in [0, 0.1) is 0 Å². The fraction of sp³-hybridized carbons (Fsp3) is 0.111. The molecule has 124 valence electrons. The number of nitrogens with zero attached hydrogens (tertiary/aromatic N) is 4. The minimum absolute atomic E-state index is 0.105. The number of carbonyl (C=O) groups excluding carboxylic acids is 1. The molecule has 3 heterocycles. The fourth-order valence-electron chi connectivity index (χ4n) is 2.53. The van der Waals surface area contributed by atoms with Gasteiger partial charge in [-0.3, -0.25) is 14.5 Å². The third-order valence-corrected chi connectivity index (χ3v) is 4.66. The molecule has 0 saturated heterocycles. The Morgan fingerprint density at radius 3 is 2.88 bits per heavy atom. The number of nitrogens with one attached hydrogen (secondary N) is 1. The number of thiazole rings is 1. The number of aryl methyl sites for hydroxylation is 1. The average molecular weight is 349 g/mol. The molecule has 25 heavy (non-hydrogen) atoms. The molecule has 4 rings (SSSR count). The standard InChI is InChI=1S/C18H15N5OS/c1-23-10-14(9-22-23)15-4-2-12(7-19-15)8-20-18(24)13-3-5-16-17(6-13)25-11-21-16/h2-7,9-11H,8H2,1H3,(H,20,24). The molecule has 1 N–H and O–H groups in total. The van der Waals surface area contributed by atoms with Gasteiger partial charge in [-0.1, -0.05) is 6.07 Å². The van der Waals surface area contributed by atoms with E-state index in [1.165, 1.54) is 11.3 Å². The molecule has 0 saturated carbocycles. The molecule has 0 radical (unpaired) electrons. The number of aromatic nitrogens is 4. The summed E-state index contributed by atoms with van der Waals surface area (Å²) in [7, 11) is 1.87. The second-order valence-corrected chi connectivity index (χ2v) is 6.56. The van der Waals surface area contributed by atoms with Crippen molar-refractivity contribution in [3.05, 3.63) is 65.6 Å². The largest absolute Gasteiger partial charge is 0.348 e. The Labute approximate surface area is 148 Å². The predicted octanol–water partition coefficient (Wildman–Crippen LogP) is 3.02. The Hall–Kier alpha value is -3.06. The number of amides is 1. The Bertz CT molecular complexity index is 1040. The van der Waals surface area contributed by atoms with E-state index >= 15 is 0 Å². The summed E-state index contributed by atoms with van der Waals surface area (Å²) < 4.78 is 2.75. The van der Waals surface area contributed by atoms with Gasteiger partial charge in [0.15, 0.2) is 0 Å². The maximum Gasteiger partial charge on any atom is 0.251 e. The summed E-state index contributed by atoms with van der Waals surface area (Å²) in [6.45, 7) is 0.430. The van der Waals surface area contributed by atoms with Gasteiger partial charge in [0, 0.05) is 37.1 Å². The second kappa shape index (κ2) is 6.45. The Morgan fingerprint density at radius 1 is 1.20 bits per heavy atom. The molecule has 1 amide bonds. The highest BCUT2D eigenvalue weighted by atomic mass is 32.1. The number of carbonyl (C=O) groups is 1. The fourth-order valence-corrected chi connectivity index (χ4v) is 3.25. The molecular weight excluding hydrogens is 334 g/mol. The molecule has 0 atom stereocenters. The summed E-state index contributed by atoms with van der Waals surface area (Å²) in [6.07, 6.45) is 5.47. The highest BCUT2D eigenvalue weighted by Crippen LogP contribution is 2.19. The lowest BCUT2D eigenvalue weighted by Crippen LogP contribution is -2.22. The highest BCUT2D eigenvalue weighted by molar-refractivity contribution is 7.16. The van der Waals surface area contributed by atoms with Crippen LogP contribution in [0.15, 0.2) is 54.4 Å². The van der Waals surface area contributed by atoms with Crippen LogP contribution in [-0.4, -0.2) is 25.7 Å². The van der Waals surface area contributed by atoms with Gasteiger partial charge in [0.25, 0.3) is 5.91 Å². The quantitative estimate of drug-likeness (QED) is 0.615. The molecule has 4 aromatic rings. The van der Waals surface area contributed by atoms with E-state index in [0.717, 1.165) is 27.0 Å².